The first kappa shape index (κ1) is 12.3. The van der Waals surface area contributed by atoms with Gasteiger partial charge < -0.3 is 9.47 Å². The summed E-state index contributed by atoms with van der Waals surface area (Å²) in [6.07, 6.45) is 4.24. The fourth-order valence-corrected chi connectivity index (χ4v) is 2.76. The fraction of sp³-hybridized carbons (Fsp3) is 0.158. The van der Waals surface area contributed by atoms with Crippen LogP contribution in [0.3, 0.4) is 0 Å². The first-order valence-corrected chi connectivity index (χ1v) is 7.13. The molecule has 21 heavy (non-hydrogen) atoms. The Balaban J connectivity index is 2.04. The molecule has 0 N–H and O–H groups in total. The van der Waals surface area contributed by atoms with Crippen LogP contribution in [0.2, 0.25) is 0 Å². The second-order valence-corrected chi connectivity index (χ2v) is 5.88. The summed E-state index contributed by atoms with van der Waals surface area (Å²) in [5.74, 6) is 2.59. The topological polar surface area (TPSA) is 18.5 Å². The molecule has 104 valence electrons. The summed E-state index contributed by atoms with van der Waals surface area (Å²) in [4.78, 5) is 0. The molecule has 2 aromatic rings. The predicted molar refractivity (Wildman–Crippen MR) is 84.1 cm³/mol. The van der Waals surface area contributed by atoms with Gasteiger partial charge in [-0.1, -0.05) is 36.4 Å². The molecule has 2 aliphatic heterocycles. The van der Waals surface area contributed by atoms with Gasteiger partial charge in [-0.25, -0.2) is 0 Å². The lowest BCUT2D eigenvalue weighted by molar-refractivity contribution is 0.125. The third-order valence-electron chi connectivity index (χ3n) is 3.79. The predicted octanol–water partition coefficient (Wildman–Crippen LogP) is 5.03. The summed E-state index contributed by atoms with van der Waals surface area (Å²) in [5.41, 5.74) is 2.83. The zero-order chi connectivity index (χ0) is 14.4. The summed E-state index contributed by atoms with van der Waals surface area (Å²) >= 11 is 0. The Morgan fingerprint density at radius 2 is 1.43 bits per heavy atom. The minimum absolute atomic E-state index is 0.314. The molecule has 0 bridgehead atoms. The van der Waals surface area contributed by atoms with Crippen molar-refractivity contribution in [2.24, 2.45) is 0 Å². The highest BCUT2D eigenvalue weighted by Crippen LogP contribution is 2.46. The molecular formula is C19H16O2. The highest BCUT2D eigenvalue weighted by Gasteiger charge is 2.30. The lowest BCUT2D eigenvalue weighted by atomic mass is 9.95. The van der Waals surface area contributed by atoms with E-state index in [1.165, 1.54) is 0 Å². The Morgan fingerprint density at radius 1 is 0.810 bits per heavy atom. The third kappa shape index (κ3) is 1.95. The molecule has 2 nitrogen and oxygen atoms in total. The van der Waals surface area contributed by atoms with Gasteiger partial charge in [0.15, 0.2) is 0 Å². The number of fused-ring (bicyclic) bond motifs is 4. The quantitative estimate of drug-likeness (QED) is 0.672. The molecule has 0 aromatic heterocycles. The van der Waals surface area contributed by atoms with Crippen molar-refractivity contribution in [2.75, 3.05) is 0 Å². The Bertz CT molecular complexity index is 782. The van der Waals surface area contributed by atoms with E-state index in [1.807, 2.05) is 42.5 Å². The van der Waals surface area contributed by atoms with E-state index in [4.69, 9.17) is 9.47 Å². The normalized spacial score (nSPS) is 17.8. The molecule has 0 radical (unpaired) electrons. The second kappa shape index (κ2) is 4.26. The van der Waals surface area contributed by atoms with Crippen LogP contribution < -0.4 is 4.74 Å². The molecule has 0 spiro atoms. The van der Waals surface area contributed by atoms with Gasteiger partial charge in [0.05, 0.1) is 5.56 Å². The molecule has 0 amide bonds. The summed E-state index contributed by atoms with van der Waals surface area (Å²) in [7, 11) is 0. The van der Waals surface area contributed by atoms with Crippen molar-refractivity contribution in [3.63, 3.8) is 0 Å². The number of ether oxygens (including phenoxy) is 2. The number of para-hydroxylation sites is 2. The summed E-state index contributed by atoms with van der Waals surface area (Å²) in [6.45, 7) is 4.13. The minimum atomic E-state index is -0.314. The molecular weight excluding hydrogens is 260 g/mol. The van der Waals surface area contributed by atoms with Crippen LogP contribution in [0, 0.1) is 0 Å². The highest BCUT2D eigenvalue weighted by molar-refractivity contribution is 5.97. The SMILES string of the molecule is CC1(C)C=CC2=C(O1)c1ccccc1Oc1ccccc12. The maximum Gasteiger partial charge on any atom is 0.139 e. The first-order chi connectivity index (χ1) is 10.1. The van der Waals surface area contributed by atoms with E-state index in [0.717, 1.165) is 34.0 Å². The van der Waals surface area contributed by atoms with Gasteiger partial charge in [-0.05, 0) is 38.1 Å². The van der Waals surface area contributed by atoms with Gasteiger partial charge in [-0.15, -0.1) is 0 Å². The smallest absolute Gasteiger partial charge is 0.139 e. The van der Waals surface area contributed by atoms with Crippen molar-refractivity contribution in [2.45, 2.75) is 19.4 Å². The van der Waals surface area contributed by atoms with E-state index in [9.17, 15) is 0 Å². The van der Waals surface area contributed by atoms with Crippen molar-refractivity contribution >= 4 is 11.3 Å². The van der Waals surface area contributed by atoms with Crippen LogP contribution in [0.4, 0.5) is 0 Å². The largest absolute Gasteiger partial charge is 0.482 e. The van der Waals surface area contributed by atoms with Crippen LogP contribution in [0.5, 0.6) is 11.5 Å². The van der Waals surface area contributed by atoms with Crippen molar-refractivity contribution < 1.29 is 9.47 Å². The summed E-state index contributed by atoms with van der Waals surface area (Å²) < 4.78 is 12.4. The standard InChI is InChI=1S/C19H16O2/c1-19(2)12-11-14-13-7-3-5-9-16(13)20-17-10-6-4-8-15(17)18(14)21-19/h3-12H,1-2H3. The molecule has 4 rings (SSSR count). The van der Waals surface area contributed by atoms with E-state index < -0.39 is 0 Å². The average Bonchev–Trinajstić information content (AvgIpc) is 2.60. The molecule has 0 aliphatic carbocycles. The van der Waals surface area contributed by atoms with Gasteiger partial charge in [-0.3, -0.25) is 0 Å². The van der Waals surface area contributed by atoms with Gasteiger partial charge in [0.25, 0.3) is 0 Å². The molecule has 0 unspecified atom stereocenters. The minimum Gasteiger partial charge on any atom is -0.482 e. The number of rotatable bonds is 0. The number of hydrogen-bond donors (Lipinski definition) is 0. The van der Waals surface area contributed by atoms with Crippen molar-refractivity contribution in [3.8, 4) is 11.5 Å². The first-order valence-electron chi connectivity index (χ1n) is 7.13. The average molecular weight is 276 g/mol. The lowest BCUT2D eigenvalue weighted by Gasteiger charge is -2.29. The van der Waals surface area contributed by atoms with Crippen molar-refractivity contribution in [3.05, 3.63) is 71.8 Å². The van der Waals surface area contributed by atoms with Crippen LogP contribution in [0.1, 0.15) is 25.0 Å². The van der Waals surface area contributed by atoms with Gasteiger partial charge in [-0.2, -0.15) is 0 Å². The summed E-state index contributed by atoms with van der Waals surface area (Å²) in [5, 5.41) is 0. The molecule has 0 saturated heterocycles. The van der Waals surface area contributed by atoms with Crippen LogP contribution in [-0.2, 0) is 4.74 Å². The lowest BCUT2D eigenvalue weighted by Crippen LogP contribution is -2.23. The van der Waals surface area contributed by atoms with E-state index >= 15 is 0 Å². The van der Waals surface area contributed by atoms with Gasteiger partial charge >= 0.3 is 0 Å². The maximum atomic E-state index is 6.25. The van der Waals surface area contributed by atoms with Crippen LogP contribution in [0.15, 0.2) is 60.7 Å². The zero-order valence-electron chi connectivity index (χ0n) is 12.1. The molecule has 0 saturated carbocycles. The van der Waals surface area contributed by atoms with Crippen LogP contribution in [-0.4, -0.2) is 5.60 Å². The van der Waals surface area contributed by atoms with Gasteiger partial charge in [0, 0.05) is 11.1 Å². The highest BCUT2D eigenvalue weighted by atomic mass is 16.5. The van der Waals surface area contributed by atoms with Crippen LogP contribution in [0.25, 0.3) is 11.3 Å². The molecule has 2 aromatic carbocycles. The Morgan fingerprint density at radius 3 is 2.19 bits per heavy atom. The monoisotopic (exact) mass is 276 g/mol. The molecule has 0 fully saturated rings. The number of allylic oxidation sites excluding steroid dienone is 2. The van der Waals surface area contributed by atoms with E-state index in [0.29, 0.717) is 0 Å². The Kier molecular flexibility index (Phi) is 2.49. The Hall–Kier alpha value is -2.48. The molecule has 0 atom stereocenters. The van der Waals surface area contributed by atoms with Crippen molar-refractivity contribution in [1.29, 1.82) is 0 Å². The number of benzene rings is 2. The maximum absolute atomic E-state index is 6.25. The van der Waals surface area contributed by atoms with E-state index in [1.54, 1.807) is 0 Å². The third-order valence-corrected chi connectivity index (χ3v) is 3.79. The van der Waals surface area contributed by atoms with E-state index in [2.05, 4.69) is 32.1 Å². The van der Waals surface area contributed by atoms with E-state index in [-0.39, 0.29) is 5.60 Å². The van der Waals surface area contributed by atoms with Gasteiger partial charge in [0.2, 0.25) is 0 Å². The zero-order valence-corrected chi connectivity index (χ0v) is 12.1. The van der Waals surface area contributed by atoms with Gasteiger partial charge in [0.1, 0.15) is 22.9 Å². The fourth-order valence-electron chi connectivity index (χ4n) is 2.76. The Labute approximate surface area is 124 Å². The second-order valence-electron chi connectivity index (χ2n) is 5.88. The molecule has 2 aliphatic rings. The molecule has 2 heterocycles. The molecule has 2 heteroatoms. The van der Waals surface area contributed by atoms with Crippen LogP contribution >= 0.6 is 0 Å². The number of hydrogen-bond acceptors (Lipinski definition) is 2. The van der Waals surface area contributed by atoms with Crippen molar-refractivity contribution in [1.82, 2.24) is 0 Å². The summed E-state index contributed by atoms with van der Waals surface area (Å²) in [6, 6.07) is 16.1.